The maximum atomic E-state index is 4.26. The molecule has 0 atom stereocenters. The summed E-state index contributed by atoms with van der Waals surface area (Å²) in [6, 6.07) is 2.06. The van der Waals surface area contributed by atoms with Gasteiger partial charge in [0.25, 0.3) is 0 Å². The molecule has 17 heavy (non-hydrogen) atoms. The van der Waals surface area contributed by atoms with Crippen LogP contribution in [0.1, 0.15) is 46.7 Å². The van der Waals surface area contributed by atoms with Crippen LogP contribution in [0.4, 0.5) is 5.82 Å². The monoisotopic (exact) mass is 235 g/mol. The molecular weight excluding hydrogens is 210 g/mol. The van der Waals surface area contributed by atoms with E-state index < -0.39 is 0 Å². The number of hydrogen-bond acceptors (Lipinski definition) is 3. The van der Waals surface area contributed by atoms with Crippen LogP contribution in [-0.2, 0) is 6.42 Å². The minimum Gasteiger partial charge on any atom is -0.369 e. The average Bonchev–Trinajstić information content (AvgIpc) is 2.27. The van der Waals surface area contributed by atoms with E-state index in [1.807, 2.05) is 0 Å². The minimum absolute atomic E-state index is 0.274. The molecule has 0 aromatic carbocycles. The summed E-state index contributed by atoms with van der Waals surface area (Å²) in [7, 11) is 0. The van der Waals surface area contributed by atoms with Crippen LogP contribution in [0, 0.1) is 11.3 Å². The Morgan fingerprint density at radius 3 is 2.59 bits per heavy atom. The fourth-order valence-corrected chi connectivity index (χ4v) is 1.41. The lowest BCUT2D eigenvalue weighted by Gasteiger charge is -2.29. The van der Waals surface area contributed by atoms with Crippen LogP contribution in [0.5, 0.6) is 0 Å². The van der Waals surface area contributed by atoms with Gasteiger partial charge in [-0.25, -0.2) is 9.97 Å². The van der Waals surface area contributed by atoms with Crippen LogP contribution in [0.2, 0.25) is 0 Å². The van der Waals surface area contributed by atoms with E-state index in [0.29, 0.717) is 5.92 Å². The Kier molecular flexibility index (Phi) is 4.91. The molecule has 0 saturated heterocycles. The summed E-state index contributed by atoms with van der Waals surface area (Å²) >= 11 is 0. The van der Waals surface area contributed by atoms with Crippen molar-refractivity contribution in [3.8, 4) is 0 Å². The summed E-state index contributed by atoms with van der Waals surface area (Å²) < 4.78 is 0. The second-order valence-corrected chi connectivity index (χ2v) is 5.64. The van der Waals surface area contributed by atoms with Crippen molar-refractivity contribution in [1.82, 2.24) is 9.97 Å². The maximum absolute atomic E-state index is 4.26. The first kappa shape index (κ1) is 13.9. The number of aryl methyl sites for hydroxylation is 1. The van der Waals surface area contributed by atoms with Gasteiger partial charge in [0.15, 0.2) is 0 Å². The van der Waals surface area contributed by atoms with E-state index in [0.717, 1.165) is 30.9 Å². The first-order chi connectivity index (χ1) is 7.95. The van der Waals surface area contributed by atoms with Crippen molar-refractivity contribution in [3.05, 3.63) is 18.1 Å². The van der Waals surface area contributed by atoms with Gasteiger partial charge in [0, 0.05) is 18.3 Å². The SMILES string of the molecule is CCCc1cc(NCC(C)(C)C(C)C)ncn1. The molecule has 0 aliphatic heterocycles. The van der Waals surface area contributed by atoms with E-state index >= 15 is 0 Å². The molecule has 1 aromatic heterocycles. The summed E-state index contributed by atoms with van der Waals surface area (Å²) in [6.07, 6.45) is 3.79. The van der Waals surface area contributed by atoms with Gasteiger partial charge in [-0.15, -0.1) is 0 Å². The highest BCUT2D eigenvalue weighted by molar-refractivity contribution is 5.35. The van der Waals surface area contributed by atoms with E-state index in [2.05, 4.69) is 56.0 Å². The van der Waals surface area contributed by atoms with Crippen LogP contribution in [0.15, 0.2) is 12.4 Å². The highest BCUT2D eigenvalue weighted by atomic mass is 15.0. The van der Waals surface area contributed by atoms with Gasteiger partial charge < -0.3 is 5.32 Å². The van der Waals surface area contributed by atoms with Gasteiger partial charge in [-0.1, -0.05) is 41.0 Å². The van der Waals surface area contributed by atoms with E-state index in [4.69, 9.17) is 0 Å². The fourth-order valence-electron chi connectivity index (χ4n) is 1.41. The third kappa shape index (κ3) is 4.33. The third-order valence-corrected chi connectivity index (χ3v) is 3.52. The van der Waals surface area contributed by atoms with Crippen LogP contribution in [0.3, 0.4) is 0 Å². The van der Waals surface area contributed by atoms with Gasteiger partial charge in [0.05, 0.1) is 0 Å². The van der Waals surface area contributed by atoms with E-state index in [1.165, 1.54) is 0 Å². The van der Waals surface area contributed by atoms with E-state index in [1.54, 1.807) is 6.33 Å². The van der Waals surface area contributed by atoms with Gasteiger partial charge in [-0.3, -0.25) is 0 Å². The van der Waals surface area contributed by atoms with Gasteiger partial charge in [-0.05, 0) is 17.8 Å². The smallest absolute Gasteiger partial charge is 0.129 e. The first-order valence-electron chi connectivity index (χ1n) is 6.50. The zero-order valence-electron chi connectivity index (χ0n) is 11.7. The number of hydrogen-bond donors (Lipinski definition) is 1. The standard InChI is InChI=1S/C14H25N3/c1-6-7-12-8-13(17-10-16-12)15-9-14(4,5)11(2)3/h8,10-11H,6-7,9H2,1-5H3,(H,15,16,17). The summed E-state index contributed by atoms with van der Waals surface area (Å²) in [5.74, 6) is 1.59. The topological polar surface area (TPSA) is 37.8 Å². The molecule has 3 heteroatoms. The van der Waals surface area contributed by atoms with Crippen molar-refractivity contribution in [1.29, 1.82) is 0 Å². The number of rotatable bonds is 6. The Morgan fingerprint density at radius 1 is 1.29 bits per heavy atom. The molecule has 0 spiro atoms. The lowest BCUT2D eigenvalue weighted by molar-refractivity contribution is 0.269. The lowest BCUT2D eigenvalue weighted by Crippen LogP contribution is -2.28. The van der Waals surface area contributed by atoms with Crippen LogP contribution < -0.4 is 5.32 Å². The Bertz CT molecular complexity index is 345. The van der Waals surface area contributed by atoms with Crippen molar-refractivity contribution in [2.45, 2.75) is 47.5 Å². The molecule has 0 amide bonds. The van der Waals surface area contributed by atoms with E-state index in [-0.39, 0.29) is 5.41 Å². The number of anilines is 1. The molecule has 96 valence electrons. The molecular formula is C14H25N3. The normalized spacial score (nSPS) is 11.9. The summed E-state index contributed by atoms with van der Waals surface area (Å²) in [6.45, 7) is 12.2. The zero-order chi connectivity index (χ0) is 12.9. The number of nitrogens with zero attached hydrogens (tertiary/aromatic N) is 2. The van der Waals surface area contributed by atoms with Crippen molar-refractivity contribution < 1.29 is 0 Å². The second kappa shape index (κ2) is 5.99. The fraction of sp³-hybridized carbons (Fsp3) is 0.714. The predicted molar refractivity (Wildman–Crippen MR) is 73.1 cm³/mol. The molecule has 0 aliphatic rings. The van der Waals surface area contributed by atoms with Gasteiger partial charge in [0.2, 0.25) is 0 Å². The van der Waals surface area contributed by atoms with Gasteiger partial charge in [0.1, 0.15) is 12.1 Å². The molecule has 0 unspecified atom stereocenters. The largest absolute Gasteiger partial charge is 0.369 e. The molecule has 1 heterocycles. The van der Waals surface area contributed by atoms with E-state index in [9.17, 15) is 0 Å². The maximum Gasteiger partial charge on any atom is 0.129 e. The van der Waals surface area contributed by atoms with Crippen LogP contribution in [-0.4, -0.2) is 16.5 Å². The lowest BCUT2D eigenvalue weighted by atomic mass is 9.81. The summed E-state index contributed by atoms with van der Waals surface area (Å²) in [4.78, 5) is 8.52. The zero-order valence-corrected chi connectivity index (χ0v) is 11.7. The minimum atomic E-state index is 0.274. The number of aromatic nitrogens is 2. The van der Waals surface area contributed by atoms with Gasteiger partial charge in [-0.2, -0.15) is 0 Å². The van der Waals surface area contributed by atoms with Gasteiger partial charge >= 0.3 is 0 Å². The number of nitrogens with one attached hydrogen (secondary N) is 1. The first-order valence-corrected chi connectivity index (χ1v) is 6.50. The molecule has 1 N–H and O–H groups in total. The average molecular weight is 235 g/mol. The van der Waals surface area contributed by atoms with Crippen molar-refractivity contribution in [2.24, 2.45) is 11.3 Å². The molecule has 1 rings (SSSR count). The molecule has 0 fully saturated rings. The Balaban J connectivity index is 2.60. The summed E-state index contributed by atoms with van der Waals surface area (Å²) in [5.41, 5.74) is 1.39. The predicted octanol–water partition coefficient (Wildman–Crippen LogP) is 3.52. The Hall–Kier alpha value is -1.12. The van der Waals surface area contributed by atoms with Crippen LogP contribution in [0.25, 0.3) is 0 Å². The molecule has 0 aliphatic carbocycles. The van der Waals surface area contributed by atoms with Crippen molar-refractivity contribution in [3.63, 3.8) is 0 Å². The molecule has 1 aromatic rings. The second-order valence-electron chi connectivity index (χ2n) is 5.64. The Morgan fingerprint density at radius 2 is 2.00 bits per heavy atom. The molecule has 0 bridgehead atoms. The molecule has 3 nitrogen and oxygen atoms in total. The quantitative estimate of drug-likeness (QED) is 0.819. The molecule has 0 radical (unpaired) electrons. The molecule has 0 saturated carbocycles. The Labute approximate surface area is 105 Å². The van der Waals surface area contributed by atoms with Crippen molar-refractivity contribution in [2.75, 3.05) is 11.9 Å². The highest BCUT2D eigenvalue weighted by Crippen LogP contribution is 2.26. The summed E-state index contributed by atoms with van der Waals surface area (Å²) in [5, 5.41) is 3.41. The van der Waals surface area contributed by atoms with Crippen LogP contribution >= 0.6 is 0 Å². The van der Waals surface area contributed by atoms with Crippen molar-refractivity contribution >= 4 is 5.82 Å². The third-order valence-electron chi connectivity index (χ3n) is 3.52. The highest BCUT2D eigenvalue weighted by Gasteiger charge is 2.21.